The van der Waals surface area contributed by atoms with E-state index < -0.39 is 0 Å². The van der Waals surface area contributed by atoms with Gasteiger partial charge in [0.1, 0.15) is 0 Å². The van der Waals surface area contributed by atoms with Gasteiger partial charge in [-0.3, -0.25) is 0 Å². The quantitative estimate of drug-likeness (QED) is 0.866. The number of hydrogen-bond acceptors (Lipinski definition) is 2. The summed E-state index contributed by atoms with van der Waals surface area (Å²) in [5.41, 5.74) is 7.22. The lowest BCUT2D eigenvalue weighted by Gasteiger charge is -2.10. The number of rotatable bonds is 2. The van der Waals surface area contributed by atoms with Crippen molar-refractivity contribution in [2.45, 2.75) is 13.0 Å². The van der Waals surface area contributed by atoms with Crippen LogP contribution in [0.4, 0.5) is 0 Å². The summed E-state index contributed by atoms with van der Waals surface area (Å²) in [6.45, 7) is 2.08. The number of nitrogens with two attached hydrogens (primary N) is 1. The van der Waals surface area contributed by atoms with Crippen LogP contribution in [0.15, 0.2) is 34.8 Å². The van der Waals surface area contributed by atoms with E-state index in [0.717, 1.165) is 14.9 Å². The normalized spacial score (nSPS) is 12.8. The van der Waals surface area contributed by atoms with Gasteiger partial charge >= 0.3 is 0 Å². The first-order chi connectivity index (χ1) is 7.58. The third kappa shape index (κ3) is 2.48. The van der Waals surface area contributed by atoms with Crippen LogP contribution in [0.3, 0.4) is 0 Å². The Balaban J connectivity index is 2.33. The summed E-state index contributed by atoms with van der Waals surface area (Å²) in [6, 6.07) is 9.89. The monoisotopic (exact) mass is 315 g/mol. The van der Waals surface area contributed by atoms with Crippen LogP contribution in [0.25, 0.3) is 0 Å². The number of halogens is 2. The second-order valence-corrected chi connectivity index (χ2v) is 6.18. The van der Waals surface area contributed by atoms with Crippen LogP contribution in [0, 0.1) is 6.92 Å². The molecule has 2 aromatic rings. The molecule has 1 aromatic heterocycles. The Labute approximate surface area is 112 Å². The molecular formula is C12H11BrClNS. The molecule has 0 fully saturated rings. The number of hydrogen-bond donors (Lipinski definition) is 1. The number of thiophene rings is 1. The third-order valence-corrected chi connectivity index (χ3v) is 4.69. The minimum atomic E-state index is -0.0932. The van der Waals surface area contributed by atoms with E-state index in [4.69, 9.17) is 17.3 Å². The molecule has 0 saturated heterocycles. The van der Waals surface area contributed by atoms with Crippen LogP contribution in [0.1, 0.15) is 21.4 Å². The molecule has 16 heavy (non-hydrogen) atoms. The molecule has 0 bridgehead atoms. The van der Waals surface area contributed by atoms with Gasteiger partial charge in [0.2, 0.25) is 0 Å². The van der Waals surface area contributed by atoms with Crippen molar-refractivity contribution in [3.8, 4) is 0 Å². The molecular weight excluding hydrogens is 306 g/mol. The highest BCUT2D eigenvalue weighted by Crippen LogP contribution is 2.30. The van der Waals surface area contributed by atoms with Gasteiger partial charge in [-0.25, -0.2) is 0 Å². The molecule has 0 aliphatic heterocycles. The van der Waals surface area contributed by atoms with Crippen LogP contribution in [-0.4, -0.2) is 0 Å². The fourth-order valence-electron chi connectivity index (χ4n) is 1.49. The fraction of sp³-hybridized carbons (Fsp3) is 0.167. The van der Waals surface area contributed by atoms with E-state index in [1.165, 1.54) is 4.88 Å². The van der Waals surface area contributed by atoms with Crippen LogP contribution in [-0.2, 0) is 0 Å². The van der Waals surface area contributed by atoms with Crippen molar-refractivity contribution in [2.75, 3.05) is 0 Å². The Bertz CT molecular complexity index is 509. The van der Waals surface area contributed by atoms with E-state index in [-0.39, 0.29) is 6.04 Å². The molecule has 0 saturated carbocycles. The summed E-state index contributed by atoms with van der Waals surface area (Å²) in [6.07, 6.45) is 0. The highest BCUT2D eigenvalue weighted by molar-refractivity contribution is 9.10. The molecule has 1 aromatic carbocycles. The average molecular weight is 317 g/mol. The first kappa shape index (κ1) is 12.1. The second-order valence-electron chi connectivity index (χ2n) is 3.60. The SMILES string of the molecule is Cc1ccc(C(N)c2ccc(Br)c(Cl)c2)s1. The van der Waals surface area contributed by atoms with Gasteiger partial charge in [0, 0.05) is 14.2 Å². The lowest BCUT2D eigenvalue weighted by molar-refractivity contribution is 0.893. The maximum atomic E-state index is 6.19. The van der Waals surface area contributed by atoms with Crippen LogP contribution >= 0.6 is 38.9 Å². The predicted molar refractivity (Wildman–Crippen MR) is 74.2 cm³/mol. The van der Waals surface area contributed by atoms with Crippen molar-refractivity contribution in [3.63, 3.8) is 0 Å². The van der Waals surface area contributed by atoms with E-state index in [1.807, 2.05) is 18.2 Å². The summed E-state index contributed by atoms with van der Waals surface area (Å²) >= 11 is 11.1. The van der Waals surface area contributed by atoms with E-state index in [2.05, 4.69) is 35.0 Å². The first-order valence-corrected chi connectivity index (χ1v) is 6.83. The van der Waals surface area contributed by atoms with Crippen molar-refractivity contribution in [3.05, 3.63) is 55.1 Å². The molecule has 1 nitrogen and oxygen atoms in total. The van der Waals surface area contributed by atoms with Gasteiger partial charge in [-0.1, -0.05) is 17.7 Å². The van der Waals surface area contributed by atoms with Gasteiger partial charge in [-0.15, -0.1) is 11.3 Å². The van der Waals surface area contributed by atoms with Gasteiger partial charge in [0.25, 0.3) is 0 Å². The summed E-state index contributed by atoms with van der Waals surface area (Å²) in [4.78, 5) is 2.43. The standard InChI is InChI=1S/C12H11BrClNS/c1-7-2-5-11(16-7)12(15)8-3-4-9(13)10(14)6-8/h2-6,12H,15H2,1H3. The zero-order valence-electron chi connectivity index (χ0n) is 8.71. The van der Waals surface area contributed by atoms with Gasteiger partial charge in [-0.05, 0) is 52.7 Å². The molecule has 0 amide bonds. The van der Waals surface area contributed by atoms with Crippen molar-refractivity contribution in [1.82, 2.24) is 0 Å². The van der Waals surface area contributed by atoms with Crippen molar-refractivity contribution >= 4 is 38.9 Å². The highest BCUT2D eigenvalue weighted by Gasteiger charge is 2.11. The minimum Gasteiger partial charge on any atom is -0.320 e. The van der Waals surface area contributed by atoms with Crippen molar-refractivity contribution < 1.29 is 0 Å². The van der Waals surface area contributed by atoms with Gasteiger partial charge in [0.05, 0.1) is 11.1 Å². The van der Waals surface area contributed by atoms with Gasteiger partial charge in [0.15, 0.2) is 0 Å². The Hall–Kier alpha value is -0.350. The first-order valence-electron chi connectivity index (χ1n) is 4.85. The second kappa shape index (κ2) is 4.88. The van der Waals surface area contributed by atoms with Crippen LogP contribution in [0.2, 0.25) is 5.02 Å². The molecule has 1 unspecified atom stereocenters. The molecule has 0 aliphatic carbocycles. The molecule has 1 atom stereocenters. The smallest absolute Gasteiger partial charge is 0.0646 e. The van der Waals surface area contributed by atoms with E-state index in [9.17, 15) is 0 Å². The molecule has 2 N–H and O–H groups in total. The Morgan fingerprint density at radius 1 is 1.31 bits per heavy atom. The summed E-state index contributed by atoms with van der Waals surface area (Å²) < 4.78 is 0.896. The molecule has 4 heteroatoms. The van der Waals surface area contributed by atoms with E-state index >= 15 is 0 Å². The lowest BCUT2D eigenvalue weighted by atomic mass is 10.1. The lowest BCUT2D eigenvalue weighted by Crippen LogP contribution is -2.09. The van der Waals surface area contributed by atoms with Crippen molar-refractivity contribution in [1.29, 1.82) is 0 Å². The predicted octanol–water partition coefficient (Wildman–Crippen LogP) is 4.52. The van der Waals surface area contributed by atoms with Crippen LogP contribution in [0.5, 0.6) is 0 Å². The van der Waals surface area contributed by atoms with E-state index in [0.29, 0.717) is 5.02 Å². The van der Waals surface area contributed by atoms with Crippen LogP contribution < -0.4 is 5.73 Å². The molecule has 1 heterocycles. The highest BCUT2D eigenvalue weighted by atomic mass is 79.9. The summed E-state index contributed by atoms with van der Waals surface area (Å²) in [5, 5.41) is 0.696. The maximum absolute atomic E-state index is 6.19. The van der Waals surface area contributed by atoms with Gasteiger partial charge < -0.3 is 5.73 Å². The Kier molecular flexibility index (Phi) is 3.70. The Morgan fingerprint density at radius 3 is 2.62 bits per heavy atom. The Morgan fingerprint density at radius 2 is 2.06 bits per heavy atom. The fourth-order valence-corrected chi connectivity index (χ4v) is 2.83. The largest absolute Gasteiger partial charge is 0.320 e. The molecule has 0 aliphatic rings. The summed E-state index contributed by atoms with van der Waals surface area (Å²) in [5.74, 6) is 0. The molecule has 0 spiro atoms. The maximum Gasteiger partial charge on any atom is 0.0646 e. The summed E-state index contributed by atoms with van der Waals surface area (Å²) in [7, 11) is 0. The molecule has 0 radical (unpaired) electrons. The third-order valence-electron chi connectivity index (χ3n) is 2.37. The van der Waals surface area contributed by atoms with E-state index in [1.54, 1.807) is 11.3 Å². The van der Waals surface area contributed by atoms with Gasteiger partial charge in [-0.2, -0.15) is 0 Å². The zero-order chi connectivity index (χ0) is 11.7. The van der Waals surface area contributed by atoms with Crippen molar-refractivity contribution in [2.24, 2.45) is 5.73 Å². The minimum absolute atomic E-state index is 0.0932. The number of benzene rings is 1. The topological polar surface area (TPSA) is 26.0 Å². The zero-order valence-corrected chi connectivity index (χ0v) is 11.9. The molecule has 2 rings (SSSR count). The number of aryl methyl sites for hydroxylation is 1. The molecule has 84 valence electrons. The average Bonchev–Trinajstić information content (AvgIpc) is 2.68.